The van der Waals surface area contributed by atoms with Crippen LogP contribution in [0.2, 0.25) is 0 Å². The van der Waals surface area contributed by atoms with Crippen molar-refractivity contribution in [2.75, 3.05) is 0 Å². The largest absolute Gasteiger partial charge is 0.485 e. The highest BCUT2D eigenvalue weighted by Crippen LogP contribution is 2.19. The molecule has 2 rings (SSSR count). The molecule has 0 unspecified atom stereocenters. The van der Waals surface area contributed by atoms with E-state index in [1.165, 1.54) is 6.07 Å². The number of para-hydroxylation sites is 1. The summed E-state index contributed by atoms with van der Waals surface area (Å²) in [5, 5.41) is 3.59. The summed E-state index contributed by atoms with van der Waals surface area (Å²) in [6.07, 6.45) is 0.882. The lowest BCUT2D eigenvalue weighted by atomic mass is 10.1. The molecule has 0 fully saturated rings. The van der Waals surface area contributed by atoms with E-state index in [4.69, 9.17) is 15.1 Å². The molecule has 0 aliphatic carbocycles. The Balaban J connectivity index is 2.02. The third-order valence-electron chi connectivity index (χ3n) is 2.65. The first-order valence-electron chi connectivity index (χ1n) is 5.91. The van der Waals surface area contributed by atoms with Gasteiger partial charge in [0.05, 0.1) is 0 Å². The van der Waals surface area contributed by atoms with Crippen LogP contribution in [0, 0.1) is 0 Å². The summed E-state index contributed by atoms with van der Waals surface area (Å²) in [4.78, 5) is 11.2. The Kier molecular flexibility index (Phi) is 4.15. The average molecular weight is 261 g/mol. The van der Waals surface area contributed by atoms with Crippen LogP contribution in [-0.2, 0) is 13.0 Å². The Labute approximate surface area is 110 Å². The first kappa shape index (κ1) is 13.1. The van der Waals surface area contributed by atoms with Gasteiger partial charge in [-0.25, -0.2) is 5.84 Å². The van der Waals surface area contributed by atoms with Crippen molar-refractivity contribution in [1.82, 2.24) is 10.6 Å². The Hall–Kier alpha value is -2.34. The summed E-state index contributed by atoms with van der Waals surface area (Å²) in [6, 6.07) is 9.26. The quantitative estimate of drug-likeness (QED) is 0.482. The molecule has 6 heteroatoms. The highest BCUT2D eigenvalue weighted by molar-refractivity contribution is 5.91. The molecule has 3 N–H and O–H groups in total. The maximum Gasteiger partial charge on any atom is 0.287 e. The van der Waals surface area contributed by atoms with Gasteiger partial charge in [-0.2, -0.15) is 0 Å². The van der Waals surface area contributed by atoms with E-state index in [2.05, 4.69) is 12.1 Å². The molecule has 1 aromatic heterocycles. The number of aromatic nitrogens is 1. The van der Waals surface area contributed by atoms with E-state index in [-0.39, 0.29) is 12.3 Å². The van der Waals surface area contributed by atoms with E-state index >= 15 is 0 Å². The number of nitrogens with one attached hydrogen (secondary N) is 1. The molecule has 0 saturated carbocycles. The fourth-order valence-electron chi connectivity index (χ4n) is 1.65. The molecule has 0 aliphatic heterocycles. The maximum absolute atomic E-state index is 11.2. The summed E-state index contributed by atoms with van der Waals surface area (Å²) in [5.74, 6) is 5.77. The smallest absolute Gasteiger partial charge is 0.287 e. The van der Waals surface area contributed by atoms with Gasteiger partial charge in [-0.15, -0.1) is 0 Å². The van der Waals surface area contributed by atoms with Gasteiger partial charge in [-0.3, -0.25) is 10.2 Å². The Bertz CT molecular complexity index is 566. The average Bonchev–Trinajstić information content (AvgIpc) is 2.93. The van der Waals surface area contributed by atoms with Gasteiger partial charge < -0.3 is 9.26 Å². The highest BCUT2D eigenvalue weighted by Gasteiger charge is 2.11. The van der Waals surface area contributed by atoms with Crippen LogP contribution in [0.1, 0.15) is 28.7 Å². The lowest BCUT2D eigenvalue weighted by molar-refractivity contribution is 0.0944. The van der Waals surface area contributed by atoms with Crippen molar-refractivity contribution >= 4 is 5.91 Å². The monoisotopic (exact) mass is 261 g/mol. The molecule has 0 spiro atoms. The third-order valence-corrected chi connectivity index (χ3v) is 2.65. The summed E-state index contributed by atoms with van der Waals surface area (Å²) in [6.45, 7) is 2.27. The number of carbonyl (C=O) groups is 1. The first-order valence-corrected chi connectivity index (χ1v) is 5.91. The maximum atomic E-state index is 11.2. The van der Waals surface area contributed by atoms with Crippen molar-refractivity contribution < 1.29 is 14.1 Å². The zero-order valence-electron chi connectivity index (χ0n) is 10.6. The molecule has 0 saturated heterocycles. The number of carbonyl (C=O) groups excluding carboxylic acids is 1. The predicted molar refractivity (Wildman–Crippen MR) is 68.3 cm³/mol. The van der Waals surface area contributed by atoms with Crippen LogP contribution < -0.4 is 16.0 Å². The van der Waals surface area contributed by atoms with Crippen LogP contribution >= 0.6 is 0 Å². The second kappa shape index (κ2) is 6.01. The molecule has 2 aromatic rings. The molecule has 0 radical (unpaired) electrons. The minimum atomic E-state index is -0.496. The summed E-state index contributed by atoms with van der Waals surface area (Å²) in [5.41, 5.74) is 3.23. The number of aryl methyl sites for hydroxylation is 1. The van der Waals surface area contributed by atoms with Crippen LogP contribution in [0.25, 0.3) is 0 Å². The standard InChI is InChI=1S/C13H15N3O3/c1-2-9-5-3-4-6-12(9)18-8-10-7-11(16-19-10)13(17)15-14/h3-7H,2,8,14H2,1H3,(H,15,17). The van der Waals surface area contributed by atoms with Gasteiger partial charge in [-0.05, 0) is 18.1 Å². The molecule has 0 aliphatic rings. The molecule has 1 amide bonds. The lowest BCUT2D eigenvalue weighted by Gasteiger charge is -2.07. The van der Waals surface area contributed by atoms with Crippen LogP contribution in [-0.4, -0.2) is 11.1 Å². The number of hydrogen-bond acceptors (Lipinski definition) is 5. The van der Waals surface area contributed by atoms with Gasteiger partial charge in [0.25, 0.3) is 5.91 Å². The predicted octanol–water partition coefficient (Wildman–Crippen LogP) is 1.42. The van der Waals surface area contributed by atoms with Crippen LogP contribution in [0.5, 0.6) is 5.75 Å². The van der Waals surface area contributed by atoms with E-state index in [1.807, 2.05) is 29.7 Å². The van der Waals surface area contributed by atoms with Gasteiger partial charge in [-0.1, -0.05) is 30.3 Å². The normalized spacial score (nSPS) is 10.2. The molecule has 6 nitrogen and oxygen atoms in total. The molecule has 19 heavy (non-hydrogen) atoms. The Morgan fingerprint density at radius 3 is 3.00 bits per heavy atom. The molecule has 100 valence electrons. The molecule has 0 bridgehead atoms. The summed E-state index contributed by atoms with van der Waals surface area (Å²) < 4.78 is 10.6. The van der Waals surface area contributed by atoms with Crippen molar-refractivity contribution in [3.05, 3.63) is 47.3 Å². The van der Waals surface area contributed by atoms with Crippen LogP contribution in [0.3, 0.4) is 0 Å². The van der Waals surface area contributed by atoms with Crippen LogP contribution in [0.15, 0.2) is 34.9 Å². The minimum absolute atomic E-state index is 0.130. The molecule has 1 heterocycles. The van der Waals surface area contributed by atoms with Crippen molar-refractivity contribution in [3.63, 3.8) is 0 Å². The molecule has 0 atom stereocenters. The summed E-state index contributed by atoms with van der Waals surface area (Å²) in [7, 11) is 0. The number of rotatable bonds is 5. The highest BCUT2D eigenvalue weighted by atomic mass is 16.5. The van der Waals surface area contributed by atoms with Gasteiger partial charge >= 0.3 is 0 Å². The second-order valence-corrected chi connectivity index (χ2v) is 3.90. The van der Waals surface area contributed by atoms with Crippen molar-refractivity contribution in [2.24, 2.45) is 5.84 Å². The number of hydrogen-bond donors (Lipinski definition) is 2. The number of nitrogen functional groups attached to an aromatic ring is 1. The fourth-order valence-corrected chi connectivity index (χ4v) is 1.65. The van der Waals surface area contributed by atoms with Crippen molar-refractivity contribution in [2.45, 2.75) is 20.0 Å². The fraction of sp³-hybridized carbons (Fsp3) is 0.231. The number of benzene rings is 1. The zero-order valence-corrected chi connectivity index (χ0v) is 10.6. The minimum Gasteiger partial charge on any atom is -0.485 e. The molecular weight excluding hydrogens is 246 g/mol. The molecular formula is C13H15N3O3. The topological polar surface area (TPSA) is 90.4 Å². The van der Waals surface area contributed by atoms with Gasteiger partial charge in [0.1, 0.15) is 12.4 Å². The SMILES string of the molecule is CCc1ccccc1OCc1cc(C(=O)NN)no1. The van der Waals surface area contributed by atoms with Gasteiger partial charge in [0.15, 0.2) is 11.5 Å². The van der Waals surface area contributed by atoms with E-state index < -0.39 is 5.91 Å². The van der Waals surface area contributed by atoms with Gasteiger partial charge in [0, 0.05) is 6.07 Å². The Morgan fingerprint density at radius 1 is 1.47 bits per heavy atom. The van der Waals surface area contributed by atoms with E-state index in [1.54, 1.807) is 0 Å². The third kappa shape index (κ3) is 3.11. The summed E-state index contributed by atoms with van der Waals surface area (Å²) >= 11 is 0. The second-order valence-electron chi connectivity index (χ2n) is 3.90. The van der Waals surface area contributed by atoms with Crippen LogP contribution in [0.4, 0.5) is 0 Å². The van der Waals surface area contributed by atoms with Gasteiger partial charge in [0.2, 0.25) is 0 Å². The number of ether oxygens (including phenoxy) is 1. The lowest BCUT2D eigenvalue weighted by Crippen LogP contribution is -2.30. The molecule has 1 aromatic carbocycles. The van der Waals surface area contributed by atoms with E-state index in [9.17, 15) is 4.79 Å². The van der Waals surface area contributed by atoms with Crippen molar-refractivity contribution in [3.8, 4) is 5.75 Å². The first-order chi connectivity index (χ1) is 9.24. The van der Waals surface area contributed by atoms with Crippen molar-refractivity contribution in [1.29, 1.82) is 0 Å². The number of amides is 1. The zero-order chi connectivity index (χ0) is 13.7. The number of nitrogens with zero attached hydrogens (tertiary/aromatic N) is 1. The van der Waals surface area contributed by atoms with E-state index in [0.717, 1.165) is 17.7 Å². The number of hydrazine groups is 1. The van der Waals surface area contributed by atoms with E-state index in [0.29, 0.717) is 5.76 Å². The Morgan fingerprint density at radius 2 is 2.26 bits per heavy atom. The number of nitrogens with two attached hydrogens (primary N) is 1.